The van der Waals surface area contributed by atoms with Gasteiger partial charge < -0.3 is 20.5 Å². The van der Waals surface area contributed by atoms with Crippen molar-refractivity contribution < 1.29 is 19.1 Å². The maximum absolute atomic E-state index is 12.7. The number of nitrogens with two attached hydrogens (primary N) is 1. The van der Waals surface area contributed by atoms with Crippen molar-refractivity contribution in [2.75, 3.05) is 31.6 Å². The summed E-state index contributed by atoms with van der Waals surface area (Å²) in [6.45, 7) is 4.49. The Morgan fingerprint density at radius 3 is 2.55 bits per heavy atom. The zero-order valence-electron chi connectivity index (χ0n) is 18.2. The zero-order valence-corrected chi connectivity index (χ0v) is 18.2. The van der Waals surface area contributed by atoms with E-state index in [1.54, 1.807) is 6.07 Å². The minimum Gasteiger partial charge on any atom is -0.487 e. The molecule has 170 valence electrons. The van der Waals surface area contributed by atoms with Crippen molar-refractivity contribution >= 4 is 17.5 Å². The summed E-state index contributed by atoms with van der Waals surface area (Å²) in [5.41, 5.74) is 8.85. The van der Waals surface area contributed by atoms with Gasteiger partial charge in [-0.1, -0.05) is 24.3 Å². The highest BCUT2D eigenvalue weighted by Crippen LogP contribution is 2.17. The predicted octanol–water partition coefficient (Wildman–Crippen LogP) is 2.84. The maximum atomic E-state index is 12.7. The first-order chi connectivity index (χ1) is 16.1. The van der Waals surface area contributed by atoms with Crippen LogP contribution in [0.3, 0.4) is 0 Å². The third-order valence-corrected chi connectivity index (χ3v) is 5.31. The summed E-state index contributed by atoms with van der Waals surface area (Å²) in [6, 6.07) is 16.6. The van der Waals surface area contributed by atoms with Crippen LogP contribution in [0.15, 0.2) is 67.0 Å². The average molecular weight is 447 g/mol. The summed E-state index contributed by atoms with van der Waals surface area (Å²) in [4.78, 5) is 30.3. The quantitative estimate of drug-likeness (QED) is 0.551. The summed E-state index contributed by atoms with van der Waals surface area (Å²) in [5.74, 6) is -0.297. The Morgan fingerprint density at radius 2 is 1.79 bits per heavy atom. The van der Waals surface area contributed by atoms with E-state index in [-0.39, 0.29) is 18.1 Å². The molecule has 0 spiro atoms. The molecule has 3 aromatic rings. The molecular formula is C25H26N4O4. The van der Waals surface area contributed by atoms with Crippen LogP contribution in [0.2, 0.25) is 0 Å². The topological polar surface area (TPSA) is 107 Å². The van der Waals surface area contributed by atoms with E-state index < -0.39 is 5.91 Å². The van der Waals surface area contributed by atoms with Gasteiger partial charge in [-0.2, -0.15) is 0 Å². The van der Waals surface area contributed by atoms with Gasteiger partial charge in [0.05, 0.1) is 25.0 Å². The van der Waals surface area contributed by atoms with E-state index in [4.69, 9.17) is 15.2 Å². The van der Waals surface area contributed by atoms with Gasteiger partial charge in [0.2, 0.25) is 5.91 Å². The number of carbonyl (C=O) groups excluding carboxylic acids is 2. The van der Waals surface area contributed by atoms with Crippen LogP contribution >= 0.6 is 0 Å². The van der Waals surface area contributed by atoms with Gasteiger partial charge in [-0.05, 0) is 41.5 Å². The summed E-state index contributed by atoms with van der Waals surface area (Å²) >= 11 is 0. The highest BCUT2D eigenvalue weighted by molar-refractivity contribution is 6.04. The molecule has 3 N–H and O–H groups in total. The molecule has 0 aliphatic carbocycles. The Bertz CT molecular complexity index is 1110. The molecule has 1 aliphatic rings. The smallest absolute Gasteiger partial charge is 0.255 e. The molecule has 2 amide bonds. The number of amides is 2. The molecule has 4 rings (SSSR count). The van der Waals surface area contributed by atoms with E-state index in [1.165, 1.54) is 18.0 Å². The fraction of sp³-hybridized carbons (Fsp3) is 0.240. The van der Waals surface area contributed by atoms with Crippen LogP contribution in [0.4, 0.5) is 5.69 Å². The lowest BCUT2D eigenvalue weighted by atomic mass is 10.1. The van der Waals surface area contributed by atoms with Crippen molar-refractivity contribution in [2.24, 2.45) is 5.73 Å². The number of carbonyl (C=O) groups is 2. The van der Waals surface area contributed by atoms with Gasteiger partial charge in [-0.15, -0.1) is 0 Å². The molecule has 0 saturated carbocycles. The lowest BCUT2D eigenvalue weighted by molar-refractivity contribution is 0.0342. The first-order valence-electron chi connectivity index (χ1n) is 10.7. The van der Waals surface area contributed by atoms with Crippen LogP contribution in [-0.4, -0.2) is 48.0 Å². The number of morpholine rings is 1. The summed E-state index contributed by atoms with van der Waals surface area (Å²) in [5, 5.41) is 2.93. The molecule has 1 saturated heterocycles. The normalized spacial score (nSPS) is 13.9. The molecule has 33 heavy (non-hydrogen) atoms. The largest absolute Gasteiger partial charge is 0.487 e. The van der Waals surface area contributed by atoms with Gasteiger partial charge in [0.15, 0.2) is 0 Å². The number of aromatic nitrogens is 1. The van der Waals surface area contributed by atoms with Crippen LogP contribution in [-0.2, 0) is 17.9 Å². The van der Waals surface area contributed by atoms with E-state index in [0.717, 1.165) is 38.4 Å². The monoisotopic (exact) mass is 446 g/mol. The van der Waals surface area contributed by atoms with E-state index in [2.05, 4.69) is 15.2 Å². The van der Waals surface area contributed by atoms with Crippen LogP contribution in [0.5, 0.6) is 5.75 Å². The predicted molar refractivity (Wildman–Crippen MR) is 124 cm³/mol. The Morgan fingerprint density at radius 1 is 1.00 bits per heavy atom. The third kappa shape index (κ3) is 6.38. The van der Waals surface area contributed by atoms with Crippen molar-refractivity contribution in [1.29, 1.82) is 0 Å². The standard InChI is InChI=1S/C25H26N4O4/c26-24(30)21-13-23(15-27-14-21)33-17-19-2-1-3-22(12-19)28-25(31)20-6-4-18(5-7-20)16-29-8-10-32-11-9-29/h1-7,12-15H,8-11,16-17H2,(H2,26,30)(H,28,31). The molecule has 1 aromatic heterocycles. The Balaban J connectivity index is 1.33. The number of pyridine rings is 1. The number of benzene rings is 2. The fourth-order valence-corrected chi connectivity index (χ4v) is 3.52. The lowest BCUT2D eigenvalue weighted by Crippen LogP contribution is -2.35. The zero-order chi connectivity index (χ0) is 23.0. The van der Waals surface area contributed by atoms with Gasteiger partial charge in [-0.3, -0.25) is 19.5 Å². The molecule has 8 nitrogen and oxygen atoms in total. The Hall–Kier alpha value is -3.75. The van der Waals surface area contributed by atoms with Gasteiger partial charge in [0.25, 0.3) is 5.91 Å². The van der Waals surface area contributed by atoms with Crippen LogP contribution in [0.1, 0.15) is 31.8 Å². The highest BCUT2D eigenvalue weighted by Gasteiger charge is 2.12. The molecule has 2 heterocycles. The van der Waals surface area contributed by atoms with Crippen molar-refractivity contribution in [3.63, 3.8) is 0 Å². The van der Waals surface area contributed by atoms with Crippen molar-refractivity contribution in [1.82, 2.24) is 9.88 Å². The second kappa shape index (κ2) is 10.7. The molecule has 0 atom stereocenters. The number of hydrogen-bond donors (Lipinski definition) is 2. The fourth-order valence-electron chi connectivity index (χ4n) is 3.52. The molecule has 1 aliphatic heterocycles. The van der Waals surface area contributed by atoms with Crippen LogP contribution < -0.4 is 15.8 Å². The highest BCUT2D eigenvalue weighted by atomic mass is 16.5. The maximum Gasteiger partial charge on any atom is 0.255 e. The number of nitrogens with zero attached hydrogens (tertiary/aromatic N) is 2. The van der Waals surface area contributed by atoms with E-state index >= 15 is 0 Å². The van der Waals surface area contributed by atoms with E-state index in [9.17, 15) is 9.59 Å². The number of rotatable bonds is 8. The van der Waals surface area contributed by atoms with Gasteiger partial charge in [0, 0.05) is 37.1 Å². The number of anilines is 1. The molecule has 0 radical (unpaired) electrons. The molecular weight excluding hydrogens is 420 g/mol. The second-order valence-electron chi connectivity index (χ2n) is 7.80. The molecule has 0 unspecified atom stereocenters. The van der Waals surface area contributed by atoms with Crippen LogP contribution in [0, 0.1) is 0 Å². The van der Waals surface area contributed by atoms with Gasteiger partial charge >= 0.3 is 0 Å². The summed E-state index contributed by atoms with van der Waals surface area (Å²) in [7, 11) is 0. The van der Waals surface area contributed by atoms with Crippen LogP contribution in [0.25, 0.3) is 0 Å². The average Bonchev–Trinajstić information content (AvgIpc) is 2.84. The number of ether oxygens (including phenoxy) is 2. The van der Waals surface area contributed by atoms with Crippen molar-refractivity contribution in [2.45, 2.75) is 13.2 Å². The van der Waals surface area contributed by atoms with E-state index in [0.29, 0.717) is 17.0 Å². The lowest BCUT2D eigenvalue weighted by Gasteiger charge is -2.26. The molecule has 8 heteroatoms. The first kappa shape index (κ1) is 22.4. The summed E-state index contributed by atoms with van der Waals surface area (Å²) in [6.07, 6.45) is 2.90. The Kier molecular flexibility index (Phi) is 7.29. The van der Waals surface area contributed by atoms with Crippen molar-refractivity contribution in [3.05, 3.63) is 89.2 Å². The molecule has 1 fully saturated rings. The van der Waals surface area contributed by atoms with Gasteiger partial charge in [-0.25, -0.2) is 0 Å². The number of primary amides is 1. The number of hydrogen-bond acceptors (Lipinski definition) is 6. The minimum absolute atomic E-state index is 0.177. The molecule has 2 aromatic carbocycles. The molecule has 0 bridgehead atoms. The SMILES string of the molecule is NC(=O)c1cncc(OCc2cccc(NC(=O)c3ccc(CN4CCOCC4)cc3)c2)c1. The van der Waals surface area contributed by atoms with Crippen molar-refractivity contribution in [3.8, 4) is 5.75 Å². The summed E-state index contributed by atoms with van der Waals surface area (Å²) < 4.78 is 11.1. The number of nitrogens with one attached hydrogen (secondary N) is 1. The Labute approximate surface area is 192 Å². The third-order valence-electron chi connectivity index (χ3n) is 5.31. The minimum atomic E-state index is -0.563. The van der Waals surface area contributed by atoms with Gasteiger partial charge in [0.1, 0.15) is 12.4 Å². The van der Waals surface area contributed by atoms with E-state index in [1.807, 2.05) is 48.5 Å². The first-order valence-corrected chi connectivity index (χ1v) is 10.7. The second-order valence-corrected chi connectivity index (χ2v) is 7.80.